The number of amides is 2. The molecule has 0 aliphatic heterocycles. The Kier molecular flexibility index (Phi) is 15.1. The first-order valence-corrected chi connectivity index (χ1v) is 12.6. The molecule has 2 amide bonds. The third kappa shape index (κ3) is 13.8. The molecule has 0 aromatic heterocycles. The van der Waals surface area contributed by atoms with Gasteiger partial charge in [-0.15, -0.1) is 0 Å². The molecule has 0 aliphatic rings. The van der Waals surface area contributed by atoms with Crippen molar-refractivity contribution in [1.82, 2.24) is 10.6 Å². The van der Waals surface area contributed by atoms with Gasteiger partial charge in [-0.3, -0.25) is 9.59 Å². The highest BCUT2D eigenvalue weighted by atomic mass is 33.1. The van der Waals surface area contributed by atoms with E-state index in [9.17, 15) is 45.5 Å². The minimum Gasteiger partial charge on any atom is -0.464 e. The first kappa shape index (κ1) is 32.2. The first-order valence-electron chi connectivity index (χ1n) is 10.1. The molecule has 16 heteroatoms. The largest absolute Gasteiger partial charge is 0.471 e. The fourth-order valence-corrected chi connectivity index (χ4v) is 4.18. The van der Waals surface area contributed by atoms with Gasteiger partial charge in [0.1, 0.15) is 12.1 Å². The van der Waals surface area contributed by atoms with Crippen LogP contribution in [-0.2, 0) is 28.7 Å². The zero-order chi connectivity index (χ0) is 26.4. The quantitative estimate of drug-likeness (QED) is 0.140. The molecule has 0 aromatic rings. The van der Waals surface area contributed by atoms with Crippen LogP contribution in [0.3, 0.4) is 0 Å². The van der Waals surface area contributed by atoms with E-state index in [-0.39, 0.29) is 13.2 Å². The smallest absolute Gasteiger partial charge is 0.464 e. The van der Waals surface area contributed by atoms with Crippen LogP contribution in [-0.4, -0.2) is 72.9 Å². The molecule has 34 heavy (non-hydrogen) atoms. The summed E-state index contributed by atoms with van der Waals surface area (Å²) in [6, 6.07) is -3.41. The van der Waals surface area contributed by atoms with E-state index >= 15 is 0 Å². The van der Waals surface area contributed by atoms with Crippen molar-refractivity contribution in [3.63, 3.8) is 0 Å². The van der Waals surface area contributed by atoms with E-state index in [2.05, 4.69) is 0 Å². The molecule has 0 rings (SSSR count). The summed E-state index contributed by atoms with van der Waals surface area (Å²) in [5.41, 5.74) is 0. The number of carbonyl (C=O) groups excluding carboxylic acids is 4. The number of hydrogen-bond donors (Lipinski definition) is 2. The number of halogens is 6. The minimum absolute atomic E-state index is 0.0827. The zero-order valence-electron chi connectivity index (χ0n) is 18.3. The van der Waals surface area contributed by atoms with Crippen molar-refractivity contribution in [3.8, 4) is 0 Å². The molecule has 0 fully saturated rings. The third-order valence-corrected chi connectivity index (χ3v) is 6.15. The number of rotatable bonds is 15. The Balaban J connectivity index is 5.06. The second kappa shape index (κ2) is 15.9. The van der Waals surface area contributed by atoms with Crippen LogP contribution >= 0.6 is 21.6 Å². The van der Waals surface area contributed by atoms with Crippen LogP contribution in [0.25, 0.3) is 0 Å². The van der Waals surface area contributed by atoms with Crippen molar-refractivity contribution in [2.24, 2.45) is 0 Å². The summed E-state index contributed by atoms with van der Waals surface area (Å²) in [6.45, 7) is 3.40. The molecule has 0 aromatic carbocycles. The lowest BCUT2D eigenvalue weighted by molar-refractivity contribution is -0.175. The molecular weight excluding hydrogens is 518 g/mol. The Labute approximate surface area is 200 Å². The van der Waals surface area contributed by atoms with Gasteiger partial charge in [-0.25, -0.2) is 9.59 Å². The molecule has 1 unspecified atom stereocenters. The molecule has 0 aliphatic carbocycles. The lowest BCUT2D eigenvalue weighted by atomic mass is 10.3. The highest BCUT2D eigenvalue weighted by Gasteiger charge is 2.42. The summed E-state index contributed by atoms with van der Waals surface area (Å²) >= 11 is 0. The van der Waals surface area contributed by atoms with Gasteiger partial charge in [0.2, 0.25) is 0 Å². The predicted octanol–water partition coefficient (Wildman–Crippen LogP) is 3.15. The van der Waals surface area contributed by atoms with Crippen LogP contribution in [0.1, 0.15) is 39.5 Å². The summed E-state index contributed by atoms with van der Waals surface area (Å²) in [6.07, 6.45) is -8.36. The summed E-state index contributed by atoms with van der Waals surface area (Å²) < 4.78 is 84.9. The van der Waals surface area contributed by atoms with Crippen LogP contribution in [0.2, 0.25) is 0 Å². The van der Waals surface area contributed by atoms with Crippen LogP contribution in [0.5, 0.6) is 0 Å². The van der Waals surface area contributed by atoms with Gasteiger partial charge in [0, 0.05) is 11.5 Å². The molecule has 0 spiro atoms. The number of alkyl halides is 6. The van der Waals surface area contributed by atoms with Gasteiger partial charge in [-0.1, -0.05) is 48.3 Å². The molecular formula is C18H26F6N2O6S2. The fourth-order valence-electron chi connectivity index (χ4n) is 1.89. The van der Waals surface area contributed by atoms with E-state index in [1.807, 2.05) is 0 Å². The molecule has 0 heterocycles. The van der Waals surface area contributed by atoms with Crippen molar-refractivity contribution in [3.05, 3.63) is 0 Å². The van der Waals surface area contributed by atoms with Crippen molar-refractivity contribution < 1.29 is 55.0 Å². The second-order valence-electron chi connectivity index (χ2n) is 6.66. The number of carbonyl (C=O) groups is 4. The maximum absolute atomic E-state index is 12.5. The number of ether oxygens (including phenoxy) is 2. The highest BCUT2D eigenvalue weighted by Crippen LogP contribution is 2.25. The molecule has 198 valence electrons. The molecule has 0 saturated heterocycles. The molecule has 2 N–H and O–H groups in total. The Morgan fingerprint density at radius 2 is 1.03 bits per heavy atom. The second-order valence-corrected chi connectivity index (χ2v) is 9.21. The summed E-state index contributed by atoms with van der Waals surface area (Å²) in [5, 5.41) is 3.00. The van der Waals surface area contributed by atoms with E-state index in [0.29, 0.717) is 47.3 Å². The number of hydrogen-bond acceptors (Lipinski definition) is 8. The summed E-state index contributed by atoms with van der Waals surface area (Å²) in [7, 11) is 1.37. The topological polar surface area (TPSA) is 111 Å². The van der Waals surface area contributed by atoms with Gasteiger partial charge >= 0.3 is 36.1 Å². The van der Waals surface area contributed by atoms with Crippen LogP contribution < -0.4 is 10.6 Å². The molecule has 0 radical (unpaired) electrons. The van der Waals surface area contributed by atoms with Crippen LogP contribution in [0.4, 0.5) is 26.3 Å². The maximum Gasteiger partial charge on any atom is 0.471 e. The fraction of sp³-hybridized carbons (Fsp3) is 0.778. The molecule has 0 saturated carbocycles. The van der Waals surface area contributed by atoms with Gasteiger partial charge in [0.25, 0.3) is 0 Å². The highest BCUT2D eigenvalue weighted by molar-refractivity contribution is 8.76. The van der Waals surface area contributed by atoms with Crippen molar-refractivity contribution in [1.29, 1.82) is 0 Å². The Bertz CT molecular complexity index is 622. The third-order valence-electron chi connectivity index (χ3n) is 3.73. The zero-order valence-corrected chi connectivity index (χ0v) is 20.0. The standard InChI is InChI=1S/C18H26F6N2O6S2/c1-3-5-7-31-13(27)11(25-15(29)17(19,20)21)9-33-34-10-12(14(28)32-8-6-4-2)26-16(30)18(22,23)24/h11-12H,3-10H2,1-2H3,(H,25,29)(H,26,30)/t11-,12?/m0/s1. The number of nitrogens with one attached hydrogen (secondary N) is 2. The maximum atomic E-state index is 12.5. The average molecular weight is 545 g/mol. The van der Waals surface area contributed by atoms with Crippen molar-refractivity contribution in [2.45, 2.75) is 64.0 Å². The molecule has 0 bridgehead atoms. The molecule has 2 atom stereocenters. The Morgan fingerprint density at radius 3 is 1.29 bits per heavy atom. The van der Waals surface area contributed by atoms with Crippen molar-refractivity contribution in [2.75, 3.05) is 24.7 Å². The number of unbranched alkanes of at least 4 members (excludes halogenated alkanes) is 2. The normalized spacial score (nSPS) is 13.5. The lowest BCUT2D eigenvalue weighted by Gasteiger charge is -2.20. The SMILES string of the molecule is CCCCOC(=O)C(CSSC[C@H](NC(=O)C(F)(F)F)C(=O)OCCCC)NC(=O)C(F)(F)F. The van der Waals surface area contributed by atoms with Gasteiger partial charge in [0.15, 0.2) is 0 Å². The van der Waals surface area contributed by atoms with E-state index in [4.69, 9.17) is 9.47 Å². The van der Waals surface area contributed by atoms with Gasteiger partial charge in [-0.2, -0.15) is 26.3 Å². The van der Waals surface area contributed by atoms with Gasteiger partial charge < -0.3 is 20.1 Å². The molecule has 8 nitrogen and oxygen atoms in total. The minimum atomic E-state index is -5.25. The van der Waals surface area contributed by atoms with Crippen LogP contribution in [0.15, 0.2) is 0 Å². The summed E-state index contributed by atoms with van der Waals surface area (Å²) in [5.74, 6) is -7.90. The van der Waals surface area contributed by atoms with Crippen LogP contribution in [0, 0.1) is 0 Å². The van der Waals surface area contributed by atoms with Gasteiger partial charge in [0.05, 0.1) is 13.2 Å². The van der Waals surface area contributed by atoms with E-state index in [1.165, 1.54) is 10.6 Å². The lowest BCUT2D eigenvalue weighted by Crippen LogP contribution is -2.49. The van der Waals surface area contributed by atoms with Crippen molar-refractivity contribution >= 4 is 45.3 Å². The summed E-state index contributed by atoms with van der Waals surface area (Å²) in [4.78, 5) is 46.5. The average Bonchev–Trinajstić information content (AvgIpc) is 2.73. The van der Waals surface area contributed by atoms with Gasteiger partial charge in [-0.05, 0) is 12.8 Å². The number of esters is 2. The Hall–Kier alpha value is -1.84. The first-order chi connectivity index (χ1) is 15.7. The predicted molar refractivity (Wildman–Crippen MR) is 113 cm³/mol. The van der Waals surface area contributed by atoms with E-state index in [0.717, 1.165) is 0 Å². The van der Waals surface area contributed by atoms with E-state index in [1.54, 1.807) is 13.8 Å². The van der Waals surface area contributed by atoms with E-state index < -0.39 is 59.7 Å². The monoisotopic (exact) mass is 544 g/mol. The Morgan fingerprint density at radius 1 is 0.706 bits per heavy atom.